The smallest absolute Gasteiger partial charge is 0.219 e. The number of rotatable bonds is 5. The summed E-state index contributed by atoms with van der Waals surface area (Å²) in [6.45, 7) is 2.39. The largest absolute Gasteiger partial charge is 0.493 e. The Bertz CT molecular complexity index is 1170. The zero-order chi connectivity index (χ0) is 22.1. The number of hydrogen-bond donors (Lipinski definition) is 1. The van der Waals surface area contributed by atoms with Crippen LogP contribution < -0.4 is 0 Å². The van der Waals surface area contributed by atoms with Crippen LogP contribution in [0.4, 0.5) is 0 Å². The molecular formula is C23H27N5O3S. The molecule has 1 saturated heterocycles. The van der Waals surface area contributed by atoms with Crippen LogP contribution in [0.2, 0.25) is 0 Å². The van der Waals surface area contributed by atoms with E-state index in [2.05, 4.69) is 15.0 Å². The maximum absolute atomic E-state index is 12.8. The molecule has 1 aromatic carbocycles. The first-order chi connectivity index (χ1) is 15.5. The normalized spacial score (nSPS) is 20.2. The summed E-state index contributed by atoms with van der Waals surface area (Å²) in [5.74, 6) is 0.807. The number of aromatic hydroxyl groups is 1. The van der Waals surface area contributed by atoms with Gasteiger partial charge in [0.2, 0.25) is 15.9 Å². The standard InChI is InChI=1S/C23H27N5O3S/c29-23-20-16-19(9-10-21(20)25-28(23)22-8-4-5-11-24-22)26-12-14-27(15-13-26)32(30,31)17-18-6-2-1-3-7-18/h1-8,11,19,29H,9-10,12-17H2. The predicted octanol–water partition coefficient (Wildman–Crippen LogP) is 1.98. The first-order valence-electron chi connectivity index (χ1n) is 11.0. The molecule has 1 aliphatic heterocycles. The Hall–Kier alpha value is -2.75. The van der Waals surface area contributed by atoms with Crippen LogP contribution in [0.1, 0.15) is 23.2 Å². The van der Waals surface area contributed by atoms with Gasteiger partial charge in [0, 0.05) is 44.0 Å². The van der Waals surface area contributed by atoms with E-state index in [1.54, 1.807) is 10.5 Å². The highest BCUT2D eigenvalue weighted by Gasteiger charge is 2.34. The van der Waals surface area contributed by atoms with Gasteiger partial charge in [-0.3, -0.25) is 4.90 Å². The Morgan fingerprint density at radius 3 is 2.47 bits per heavy atom. The maximum Gasteiger partial charge on any atom is 0.219 e. The molecule has 0 spiro atoms. The number of hydrogen-bond acceptors (Lipinski definition) is 6. The van der Waals surface area contributed by atoms with E-state index in [1.807, 2.05) is 48.5 Å². The number of pyridine rings is 1. The molecular weight excluding hydrogens is 426 g/mol. The van der Waals surface area contributed by atoms with Gasteiger partial charge in [0.1, 0.15) is 0 Å². The van der Waals surface area contributed by atoms with Crippen LogP contribution in [-0.4, -0.2) is 69.7 Å². The Labute approximate surface area is 188 Å². The van der Waals surface area contributed by atoms with Crippen LogP contribution >= 0.6 is 0 Å². The zero-order valence-electron chi connectivity index (χ0n) is 17.8. The summed E-state index contributed by atoms with van der Waals surface area (Å²) in [7, 11) is -3.33. The minimum Gasteiger partial charge on any atom is -0.493 e. The van der Waals surface area contributed by atoms with Crippen molar-refractivity contribution >= 4 is 10.0 Å². The van der Waals surface area contributed by atoms with Crippen LogP contribution in [0.15, 0.2) is 54.7 Å². The molecule has 3 heterocycles. The number of sulfonamides is 1. The van der Waals surface area contributed by atoms with Crippen molar-refractivity contribution in [3.8, 4) is 11.7 Å². The summed E-state index contributed by atoms with van der Waals surface area (Å²) in [5.41, 5.74) is 2.62. The fourth-order valence-electron chi connectivity index (χ4n) is 4.71. The summed E-state index contributed by atoms with van der Waals surface area (Å²) >= 11 is 0. The molecule has 1 N–H and O–H groups in total. The molecule has 1 unspecified atom stereocenters. The molecule has 3 aromatic rings. The van der Waals surface area contributed by atoms with Gasteiger partial charge in [0.05, 0.1) is 11.4 Å². The van der Waals surface area contributed by atoms with E-state index in [-0.39, 0.29) is 17.7 Å². The van der Waals surface area contributed by atoms with E-state index in [1.165, 1.54) is 4.68 Å². The van der Waals surface area contributed by atoms with Gasteiger partial charge in [-0.1, -0.05) is 36.4 Å². The molecule has 9 heteroatoms. The summed E-state index contributed by atoms with van der Waals surface area (Å²) in [6, 6.07) is 15.1. The Morgan fingerprint density at radius 1 is 1.00 bits per heavy atom. The molecule has 1 fully saturated rings. The molecule has 0 radical (unpaired) electrons. The van der Waals surface area contributed by atoms with Crippen LogP contribution in [0.3, 0.4) is 0 Å². The second-order valence-electron chi connectivity index (χ2n) is 8.42. The molecule has 5 rings (SSSR count). The third-order valence-electron chi connectivity index (χ3n) is 6.43. The van der Waals surface area contributed by atoms with E-state index in [0.717, 1.165) is 29.7 Å². The van der Waals surface area contributed by atoms with Gasteiger partial charge in [-0.2, -0.15) is 14.1 Å². The zero-order valence-corrected chi connectivity index (χ0v) is 18.7. The topological polar surface area (TPSA) is 91.6 Å². The third kappa shape index (κ3) is 4.15. The van der Waals surface area contributed by atoms with E-state index < -0.39 is 10.0 Å². The molecule has 0 amide bonds. The second-order valence-corrected chi connectivity index (χ2v) is 10.4. The number of fused-ring (bicyclic) bond motifs is 1. The molecule has 0 bridgehead atoms. The molecule has 0 saturated carbocycles. The first-order valence-corrected chi connectivity index (χ1v) is 12.6. The minimum atomic E-state index is -3.33. The van der Waals surface area contributed by atoms with Crippen molar-refractivity contribution in [3.63, 3.8) is 0 Å². The predicted molar refractivity (Wildman–Crippen MR) is 121 cm³/mol. The molecule has 2 aromatic heterocycles. The number of piperazine rings is 1. The Morgan fingerprint density at radius 2 is 1.75 bits per heavy atom. The molecule has 32 heavy (non-hydrogen) atoms. The highest BCUT2D eigenvalue weighted by molar-refractivity contribution is 7.88. The van der Waals surface area contributed by atoms with E-state index in [9.17, 15) is 13.5 Å². The lowest BCUT2D eigenvalue weighted by Crippen LogP contribution is -2.53. The van der Waals surface area contributed by atoms with Crippen molar-refractivity contribution in [1.82, 2.24) is 24.0 Å². The second kappa shape index (κ2) is 8.65. The van der Waals surface area contributed by atoms with Crippen molar-refractivity contribution in [2.75, 3.05) is 26.2 Å². The molecule has 2 aliphatic rings. The molecule has 1 aliphatic carbocycles. The van der Waals surface area contributed by atoms with Crippen LogP contribution in [0.5, 0.6) is 5.88 Å². The average Bonchev–Trinajstić information content (AvgIpc) is 3.16. The van der Waals surface area contributed by atoms with E-state index in [0.29, 0.717) is 38.4 Å². The third-order valence-corrected chi connectivity index (χ3v) is 8.28. The van der Waals surface area contributed by atoms with Gasteiger partial charge in [-0.05, 0) is 37.0 Å². The summed E-state index contributed by atoms with van der Waals surface area (Å²) in [4.78, 5) is 6.65. The van der Waals surface area contributed by atoms with Crippen LogP contribution in [-0.2, 0) is 28.6 Å². The SMILES string of the molecule is O=S(=O)(Cc1ccccc1)N1CCN(C2CCc3nn(-c4ccccn4)c(O)c3C2)CC1. The highest BCUT2D eigenvalue weighted by atomic mass is 32.2. The van der Waals surface area contributed by atoms with Gasteiger partial charge in [-0.25, -0.2) is 13.4 Å². The first kappa shape index (κ1) is 21.1. The van der Waals surface area contributed by atoms with Gasteiger partial charge in [-0.15, -0.1) is 0 Å². The fourth-order valence-corrected chi connectivity index (χ4v) is 6.23. The van der Waals surface area contributed by atoms with E-state index in [4.69, 9.17) is 0 Å². The van der Waals surface area contributed by atoms with Crippen LogP contribution in [0, 0.1) is 0 Å². The van der Waals surface area contributed by atoms with Crippen molar-refractivity contribution < 1.29 is 13.5 Å². The summed E-state index contributed by atoms with van der Waals surface area (Å²) in [5, 5.41) is 15.4. The van der Waals surface area contributed by atoms with E-state index >= 15 is 0 Å². The highest BCUT2D eigenvalue weighted by Crippen LogP contribution is 2.32. The fraction of sp³-hybridized carbons (Fsp3) is 0.391. The van der Waals surface area contributed by atoms with Crippen LogP contribution in [0.25, 0.3) is 5.82 Å². The van der Waals surface area contributed by atoms with Crippen molar-refractivity contribution in [3.05, 3.63) is 71.5 Å². The van der Waals surface area contributed by atoms with Gasteiger partial charge < -0.3 is 5.11 Å². The Kier molecular flexibility index (Phi) is 5.71. The minimum absolute atomic E-state index is 0.0429. The lowest BCUT2D eigenvalue weighted by molar-refractivity contribution is 0.126. The maximum atomic E-state index is 12.8. The summed E-state index contributed by atoms with van der Waals surface area (Å²) < 4.78 is 28.8. The van der Waals surface area contributed by atoms with Gasteiger partial charge in [0.15, 0.2) is 5.82 Å². The summed E-state index contributed by atoms with van der Waals surface area (Å²) in [6.07, 6.45) is 4.14. The Balaban J connectivity index is 1.24. The number of aryl methyl sites for hydroxylation is 1. The van der Waals surface area contributed by atoms with Crippen molar-refractivity contribution in [1.29, 1.82) is 0 Å². The quantitative estimate of drug-likeness (QED) is 0.635. The van der Waals surface area contributed by atoms with Gasteiger partial charge in [0.25, 0.3) is 0 Å². The molecule has 8 nitrogen and oxygen atoms in total. The number of nitrogens with zero attached hydrogens (tertiary/aromatic N) is 5. The lowest BCUT2D eigenvalue weighted by atomic mass is 9.91. The lowest BCUT2D eigenvalue weighted by Gasteiger charge is -2.40. The average molecular weight is 454 g/mol. The van der Waals surface area contributed by atoms with Gasteiger partial charge >= 0.3 is 0 Å². The number of benzene rings is 1. The monoisotopic (exact) mass is 453 g/mol. The molecule has 168 valence electrons. The molecule has 1 atom stereocenters. The van der Waals surface area contributed by atoms with Crippen molar-refractivity contribution in [2.24, 2.45) is 0 Å². The number of aromatic nitrogens is 3. The van der Waals surface area contributed by atoms with Crippen molar-refractivity contribution in [2.45, 2.75) is 31.1 Å².